The number of hydrogen-bond acceptors (Lipinski definition) is 2. The fourth-order valence-electron chi connectivity index (χ4n) is 1.67. The number of nitrogens with two attached hydrogens (primary N) is 1. The van der Waals surface area contributed by atoms with Crippen molar-refractivity contribution >= 4 is 0 Å². The van der Waals surface area contributed by atoms with Crippen LogP contribution in [0.2, 0.25) is 0 Å². The molecule has 13 heavy (non-hydrogen) atoms. The van der Waals surface area contributed by atoms with E-state index in [2.05, 4.69) is 0 Å². The van der Waals surface area contributed by atoms with E-state index in [0.29, 0.717) is 6.61 Å². The Labute approximate surface area is 76.5 Å². The molecular formula is C10H12FNO. The molecule has 1 aromatic rings. The van der Waals surface area contributed by atoms with Crippen LogP contribution in [0.4, 0.5) is 4.39 Å². The van der Waals surface area contributed by atoms with Crippen molar-refractivity contribution in [1.29, 1.82) is 0 Å². The SMILES string of the molecule is Cc1cc(F)cc2c1OCC[C@@H]2N. The molecule has 0 spiro atoms. The van der Waals surface area contributed by atoms with Gasteiger partial charge in [0.25, 0.3) is 0 Å². The Hall–Kier alpha value is -1.09. The van der Waals surface area contributed by atoms with Gasteiger partial charge >= 0.3 is 0 Å². The Morgan fingerprint density at radius 1 is 1.54 bits per heavy atom. The molecule has 2 rings (SSSR count). The van der Waals surface area contributed by atoms with Crippen molar-refractivity contribution in [3.63, 3.8) is 0 Å². The first-order chi connectivity index (χ1) is 6.18. The summed E-state index contributed by atoms with van der Waals surface area (Å²) < 4.78 is 18.5. The second-order valence-electron chi connectivity index (χ2n) is 3.38. The number of halogens is 1. The monoisotopic (exact) mass is 181 g/mol. The van der Waals surface area contributed by atoms with E-state index in [1.54, 1.807) is 0 Å². The Morgan fingerprint density at radius 2 is 2.31 bits per heavy atom. The molecule has 0 fully saturated rings. The van der Waals surface area contributed by atoms with Crippen LogP contribution in [-0.2, 0) is 0 Å². The first-order valence-electron chi connectivity index (χ1n) is 4.37. The number of benzene rings is 1. The van der Waals surface area contributed by atoms with Crippen LogP contribution >= 0.6 is 0 Å². The molecule has 70 valence electrons. The molecule has 1 aliphatic heterocycles. The fraction of sp³-hybridized carbons (Fsp3) is 0.400. The molecule has 0 aliphatic carbocycles. The number of aryl methyl sites for hydroxylation is 1. The Balaban J connectivity index is 2.56. The van der Waals surface area contributed by atoms with Crippen molar-refractivity contribution in [2.75, 3.05) is 6.61 Å². The van der Waals surface area contributed by atoms with E-state index in [1.165, 1.54) is 12.1 Å². The maximum Gasteiger partial charge on any atom is 0.127 e. The summed E-state index contributed by atoms with van der Waals surface area (Å²) in [7, 11) is 0. The van der Waals surface area contributed by atoms with Crippen molar-refractivity contribution in [3.05, 3.63) is 29.1 Å². The lowest BCUT2D eigenvalue weighted by molar-refractivity contribution is 0.266. The maximum atomic E-state index is 13.0. The van der Waals surface area contributed by atoms with Crippen LogP contribution in [0.5, 0.6) is 5.75 Å². The second kappa shape index (κ2) is 3.00. The lowest BCUT2D eigenvalue weighted by Crippen LogP contribution is -2.21. The molecule has 1 heterocycles. The zero-order valence-electron chi connectivity index (χ0n) is 7.51. The zero-order chi connectivity index (χ0) is 9.42. The van der Waals surface area contributed by atoms with Gasteiger partial charge in [0.15, 0.2) is 0 Å². The summed E-state index contributed by atoms with van der Waals surface area (Å²) in [5.74, 6) is 0.525. The van der Waals surface area contributed by atoms with E-state index >= 15 is 0 Å². The van der Waals surface area contributed by atoms with E-state index in [-0.39, 0.29) is 11.9 Å². The average molecular weight is 181 g/mol. The van der Waals surface area contributed by atoms with Crippen molar-refractivity contribution in [1.82, 2.24) is 0 Å². The van der Waals surface area contributed by atoms with Gasteiger partial charge in [-0.15, -0.1) is 0 Å². The van der Waals surface area contributed by atoms with Crippen molar-refractivity contribution in [2.45, 2.75) is 19.4 Å². The summed E-state index contributed by atoms with van der Waals surface area (Å²) in [6, 6.07) is 2.85. The average Bonchev–Trinajstić information content (AvgIpc) is 2.07. The van der Waals surface area contributed by atoms with Gasteiger partial charge in [0, 0.05) is 18.0 Å². The van der Waals surface area contributed by atoms with Gasteiger partial charge in [-0.05, 0) is 24.6 Å². The molecule has 1 aromatic carbocycles. The fourth-order valence-corrected chi connectivity index (χ4v) is 1.67. The summed E-state index contributed by atoms with van der Waals surface area (Å²) in [4.78, 5) is 0. The van der Waals surface area contributed by atoms with E-state index in [1.807, 2.05) is 6.92 Å². The Morgan fingerprint density at radius 3 is 3.08 bits per heavy atom. The van der Waals surface area contributed by atoms with Gasteiger partial charge in [0.05, 0.1) is 6.61 Å². The lowest BCUT2D eigenvalue weighted by Gasteiger charge is -2.24. The predicted octanol–water partition coefficient (Wildman–Crippen LogP) is 1.92. The van der Waals surface area contributed by atoms with E-state index in [0.717, 1.165) is 23.3 Å². The van der Waals surface area contributed by atoms with Crippen LogP contribution in [0.1, 0.15) is 23.6 Å². The minimum Gasteiger partial charge on any atom is -0.493 e. The third-order valence-corrected chi connectivity index (χ3v) is 2.34. The first kappa shape index (κ1) is 8.51. The molecule has 2 nitrogen and oxygen atoms in total. The molecule has 0 bridgehead atoms. The molecule has 1 atom stereocenters. The number of ether oxygens (including phenoxy) is 1. The topological polar surface area (TPSA) is 35.2 Å². The molecule has 0 radical (unpaired) electrons. The molecule has 0 unspecified atom stereocenters. The molecule has 0 saturated carbocycles. The standard InChI is InChI=1S/C10H12FNO/c1-6-4-7(11)5-8-9(12)2-3-13-10(6)8/h4-5,9H,2-3,12H2,1H3/t9-/m0/s1. The number of hydrogen-bond donors (Lipinski definition) is 1. The summed E-state index contributed by atoms with van der Waals surface area (Å²) in [6.07, 6.45) is 0.760. The highest BCUT2D eigenvalue weighted by Crippen LogP contribution is 2.33. The second-order valence-corrected chi connectivity index (χ2v) is 3.38. The largest absolute Gasteiger partial charge is 0.493 e. The maximum absolute atomic E-state index is 13.0. The lowest BCUT2D eigenvalue weighted by atomic mass is 9.99. The van der Waals surface area contributed by atoms with Gasteiger partial charge < -0.3 is 10.5 Å². The van der Waals surface area contributed by atoms with Crippen molar-refractivity contribution in [2.24, 2.45) is 5.73 Å². The van der Waals surface area contributed by atoms with Crippen LogP contribution < -0.4 is 10.5 Å². The molecule has 1 aliphatic rings. The minimum absolute atomic E-state index is 0.0850. The molecule has 0 saturated heterocycles. The van der Waals surface area contributed by atoms with Crippen LogP contribution in [0, 0.1) is 12.7 Å². The third kappa shape index (κ3) is 1.40. The van der Waals surface area contributed by atoms with E-state index < -0.39 is 0 Å². The highest BCUT2D eigenvalue weighted by atomic mass is 19.1. The van der Waals surface area contributed by atoms with Crippen LogP contribution in [0.3, 0.4) is 0 Å². The van der Waals surface area contributed by atoms with Crippen molar-refractivity contribution < 1.29 is 9.13 Å². The molecule has 0 amide bonds. The summed E-state index contributed by atoms with van der Waals surface area (Å²) >= 11 is 0. The highest BCUT2D eigenvalue weighted by Gasteiger charge is 2.20. The Bertz CT molecular complexity index is 338. The summed E-state index contributed by atoms with van der Waals surface area (Å²) in [5, 5.41) is 0. The quantitative estimate of drug-likeness (QED) is 0.663. The minimum atomic E-state index is -0.239. The molecule has 2 N–H and O–H groups in total. The van der Waals surface area contributed by atoms with Gasteiger partial charge in [-0.3, -0.25) is 0 Å². The third-order valence-electron chi connectivity index (χ3n) is 2.34. The predicted molar refractivity (Wildman–Crippen MR) is 48.2 cm³/mol. The van der Waals surface area contributed by atoms with Crippen LogP contribution in [0.25, 0.3) is 0 Å². The van der Waals surface area contributed by atoms with E-state index in [4.69, 9.17) is 10.5 Å². The summed E-state index contributed by atoms with van der Waals surface area (Å²) in [5.41, 5.74) is 7.46. The van der Waals surface area contributed by atoms with Crippen LogP contribution in [0.15, 0.2) is 12.1 Å². The van der Waals surface area contributed by atoms with Crippen LogP contribution in [-0.4, -0.2) is 6.61 Å². The Kier molecular flexibility index (Phi) is 1.96. The van der Waals surface area contributed by atoms with Gasteiger partial charge in [-0.2, -0.15) is 0 Å². The van der Waals surface area contributed by atoms with Gasteiger partial charge in [0.1, 0.15) is 11.6 Å². The highest BCUT2D eigenvalue weighted by molar-refractivity contribution is 5.44. The smallest absolute Gasteiger partial charge is 0.127 e. The van der Waals surface area contributed by atoms with Gasteiger partial charge in [-0.25, -0.2) is 4.39 Å². The molecule has 3 heteroatoms. The molecule has 0 aromatic heterocycles. The number of rotatable bonds is 0. The number of fused-ring (bicyclic) bond motifs is 1. The first-order valence-corrected chi connectivity index (χ1v) is 4.37. The van der Waals surface area contributed by atoms with Crippen molar-refractivity contribution in [3.8, 4) is 5.75 Å². The summed E-state index contributed by atoms with van der Waals surface area (Å²) in [6.45, 7) is 2.46. The van der Waals surface area contributed by atoms with E-state index in [9.17, 15) is 4.39 Å². The van der Waals surface area contributed by atoms with Gasteiger partial charge in [0.2, 0.25) is 0 Å². The van der Waals surface area contributed by atoms with Gasteiger partial charge in [-0.1, -0.05) is 0 Å². The normalized spacial score (nSPS) is 20.7. The zero-order valence-corrected chi connectivity index (χ0v) is 7.51. The molecular weight excluding hydrogens is 169 g/mol.